The summed E-state index contributed by atoms with van der Waals surface area (Å²) in [6.07, 6.45) is 0.881. The molecule has 1 N–H and O–H groups in total. The van der Waals surface area contributed by atoms with E-state index in [-0.39, 0.29) is 0 Å². The SMILES string of the molecule is COc1ccccc1C(C)Cc1ccc(C(C)C)c(O)c1. The van der Waals surface area contributed by atoms with Crippen molar-refractivity contribution in [3.8, 4) is 11.5 Å². The van der Waals surface area contributed by atoms with Crippen molar-refractivity contribution in [2.75, 3.05) is 7.11 Å². The summed E-state index contributed by atoms with van der Waals surface area (Å²) in [5, 5.41) is 10.1. The Morgan fingerprint density at radius 2 is 1.71 bits per heavy atom. The Labute approximate surface area is 127 Å². The summed E-state index contributed by atoms with van der Waals surface area (Å²) < 4.78 is 5.43. The fourth-order valence-electron chi connectivity index (χ4n) is 2.74. The Bertz CT molecular complexity index is 602. The lowest BCUT2D eigenvalue weighted by Gasteiger charge is -2.16. The molecule has 0 amide bonds. The van der Waals surface area contributed by atoms with Gasteiger partial charge in [-0.2, -0.15) is 0 Å². The summed E-state index contributed by atoms with van der Waals surface area (Å²) in [6.45, 7) is 6.36. The van der Waals surface area contributed by atoms with E-state index >= 15 is 0 Å². The smallest absolute Gasteiger partial charge is 0.122 e. The van der Waals surface area contributed by atoms with Crippen molar-refractivity contribution in [2.45, 2.75) is 39.0 Å². The molecule has 0 fully saturated rings. The van der Waals surface area contributed by atoms with Gasteiger partial charge in [0.2, 0.25) is 0 Å². The molecule has 0 aliphatic carbocycles. The molecule has 0 aromatic heterocycles. The van der Waals surface area contributed by atoms with Crippen LogP contribution in [-0.2, 0) is 6.42 Å². The van der Waals surface area contributed by atoms with Crippen molar-refractivity contribution < 1.29 is 9.84 Å². The van der Waals surface area contributed by atoms with Crippen LogP contribution in [0.15, 0.2) is 42.5 Å². The zero-order valence-corrected chi connectivity index (χ0v) is 13.3. The lowest BCUT2D eigenvalue weighted by Crippen LogP contribution is -2.01. The van der Waals surface area contributed by atoms with Crippen LogP contribution in [0.25, 0.3) is 0 Å². The molecular weight excluding hydrogens is 260 g/mol. The number of phenols is 1. The van der Waals surface area contributed by atoms with Crippen LogP contribution in [0.2, 0.25) is 0 Å². The summed E-state index contributed by atoms with van der Waals surface area (Å²) in [5.41, 5.74) is 3.35. The minimum atomic E-state index is 0.338. The van der Waals surface area contributed by atoms with Gasteiger partial charge >= 0.3 is 0 Å². The molecule has 0 aliphatic rings. The fraction of sp³-hybridized carbons (Fsp3) is 0.368. The van der Waals surface area contributed by atoms with Crippen LogP contribution in [0.5, 0.6) is 11.5 Å². The maximum Gasteiger partial charge on any atom is 0.122 e. The molecule has 0 radical (unpaired) electrons. The first-order valence-corrected chi connectivity index (χ1v) is 7.47. The summed E-state index contributed by atoms with van der Waals surface area (Å²) in [5.74, 6) is 2.00. The Kier molecular flexibility index (Phi) is 4.89. The zero-order valence-electron chi connectivity index (χ0n) is 13.3. The minimum Gasteiger partial charge on any atom is -0.508 e. The number of rotatable bonds is 5. The van der Waals surface area contributed by atoms with Gasteiger partial charge in [-0.05, 0) is 47.1 Å². The molecule has 0 bridgehead atoms. The summed E-state index contributed by atoms with van der Waals surface area (Å²) in [4.78, 5) is 0. The highest BCUT2D eigenvalue weighted by Crippen LogP contribution is 2.31. The summed E-state index contributed by atoms with van der Waals surface area (Å²) >= 11 is 0. The van der Waals surface area contributed by atoms with Crippen LogP contribution in [0.1, 0.15) is 49.3 Å². The van der Waals surface area contributed by atoms with Crippen LogP contribution in [0, 0.1) is 0 Å². The van der Waals surface area contributed by atoms with E-state index in [9.17, 15) is 5.11 Å². The van der Waals surface area contributed by atoms with Crippen molar-refractivity contribution in [1.29, 1.82) is 0 Å². The normalized spacial score (nSPS) is 12.4. The van der Waals surface area contributed by atoms with E-state index in [0.717, 1.165) is 23.3 Å². The number of para-hydroxylation sites is 1. The van der Waals surface area contributed by atoms with Gasteiger partial charge < -0.3 is 9.84 Å². The molecule has 0 saturated heterocycles. The average molecular weight is 284 g/mol. The first-order chi connectivity index (χ1) is 10.0. The molecule has 21 heavy (non-hydrogen) atoms. The molecule has 1 atom stereocenters. The van der Waals surface area contributed by atoms with Gasteiger partial charge in [0.1, 0.15) is 11.5 Å². The molecule has 0 aliphatic heterocycles. The summed E-state index contributed by atoms with van der Waals surface area (Å²) in [7, 11) is 1.70. The number of phenolic OH excluding ortho intramolecular Hbond substituents is 1. The number of aromatic hydroxyl groups is 1. The summed E-state index contributed by atoms with van der Waals surface area (Å²) in [6, 6.07) is 14.1. The van der Waals surface area contributed by atoms with E-state index in [4.69, 9.17) is 4.74 Å². The van der Waals surface area contributed by atoms with E-state index in [2.05, 4.69) is 32.9 Å². The van der Waals surface area contributed by atoms with Crippen LogP contribution >= 0.6 is 0 Å². The Morgan fingerprint density at radius 3 is 2.33 bits per heavy atom. The molecule has 112 valence electrons. The van der Waals surface area contributed by atoms with Crippen molar-refractivity contribution in [3.05, 3.63) is 59.2 Å². The maximum absolute atomic E-state index is 10.1. The predicted octanol–water partition coefficient (Wildman–Crippen LogP) is 4.87. The van der Waals surface area contributed by atoms with Crippen LogP contribution < -0.4 is 4.74 Å². The maximum atomic E-state index is 10.1. The molecular formula is C19H24O2. The van der Waals surface area contributed by atoms with Crippen LogP contribution in [0.4, 0.5) is 0 Å². The molecule has 2 aromatic rings. The third-order valence-electron chi connectivity index (χ3n) is 3.93. The third kappa shape index (κ3) is 3.57. The highest BCUT2D eigenvalue weighted by Gasteiger charge is 2.13. The van der Waals surface area contributed by atoms with Gasteiger partial charge in [-0.1, -0.05) is 51.1 Å². The molecule has 2 nitrogen and oxygen atoms in total. The second kappa shape index (κ2) is 6.66. The van der Waals surface area contributed by atoms with Gasteiger partial charge in [-0.3, -0.25) is 0 Å². The predicted molar refractivity (Wildman–Crippen MR) is 87.3 cm³/mol. The van der Waals surface area contributed by atoms with E-state index < -0.39 is 0 Å². The van der Waals surface area contributed by atoms with Gasteiger partial charge in [0.15, 0.2) is 0 Å². The average Bonchev–Trinajstić information content (AvgIpc) is 2.46. The van der Waals surface area contributed by atoms with Crippen LogP contribution in [-0.4, -0.2) is 12.2 Å². The number of methoxy groups -OCH3 is 1. The Balaban J connectivity index is 2.20. The highest BCUT2D eigenvalue weighted by atomic mass is 16.5. The molecule has 0 saturated carbocycles. The van der Waals surface area contributed by atoms with E-state index in [1.807, 2.05) is 30.3 Å². The second-order valence-electron chi connectivity index (χ2n) is 5.89. The molecule has 0 heterocycles. The minimum absolute atomic E-state index is 0.338. The quantitative estimate of drug-likeness (QED) is 0.848. The fourth-order valence-corrected chi connectivity index (χ4v) is 2.74. The first kappa shape index (κ1) is 15.4. The number of hydrogen-bond donors (Lipinski definition) is 1. The lowest BCUT2D eigenvalue weighted by molar-refractivity contribution is 0.406. The highest BCUT2D eigenvalue weighted by molar-refractivity contribution is 5.41. The molecule has 2 aromatic carbocycles. The van der Waals surface area contributed by atoms with Gasteiger partial charge in [-0.15, -0.1) is 0 Å². The number of hydrogen-bond acceptors (Lipinski definition) is 2. The van der Waals surface area contributed by atoms with Crippen LogP contribution in [0.3, 0.4) is 0 Å². The van der Waals surface area contributed by atoms with E-state index in [1.54, 1.807) is 7.11 Å². The van der Waals surface area contributed by atoms with E-state index in [0.29, 0.717) is 17.6 Å². The van der Waals surface area contributed by atoms with Crippen molar-refractivity contribution in [2.24, 2.45) is 0 Å². The Hall–Kier alpha value is -1.96. The molecule has 2 rings (SSSR count). The lowest BCUT2D eigenvalue weighted by atomic mass is 9.91. The van der Waals surface area contributed by atoms with Crippen molar-refractivity contribution >= 4 is 0 Å². The number of benzene rings is 2. The topological polar surface area (TPSA) is 29.5 Å². The largest absolute Gasteiger partial charge is 0.508 e. The van der Waals surface area contributed by atoms with E-state index in [1.165, 1.54) is 5.56 Å². The first-order valence-electron chi connectivity index (χ1n) is 7.47. The van der Waals surface area contributed by atoms with Gasteiger partial charge in [0.05, 0.1) is 7.11 Å². The third-order valence-corrected chi connectivity index (χ3v) is 3.93. The zero-order chi connectivity index (χ0) is 15.4. The van der Waals surface area contributed by atoms with Crippen molar-refractivity contribution in [1.82, 2.24) is 0 Å². The van der Waals surface area contributed by atoms with Gasteiger partial charge in [0.25, 0.3) is 0 Å². The Morgan fingerprint density at radius 1 is 1.00 bits per heavy atom. The molecule has 2 heteroatoms. The van der Waals surface area contributed by atoms with Crippen molar-refractivity contribution in [3.63, 3.8) is 0 Å². The van der Waals surface area contributed by atoms with Gasteiger partial charge in [0, 0.05) is 0 Å². The number of ether oxygens (including phenoxy) is 1. The molecule has 1 unspecified atom stereocenters. The standard InChI is InChI=1S/C19H24O2/c1-13(2)16-10-9-15(12-18(16)20)11-14(3)17-7-5-6-8-19(17)21-4/h5-10,12-14,20H,11H2,1-4H3. The molecule has 0 spiro atoms. The van der Waals surface area contributed by atoms with Gasteiger partial charge in [-0.25, -0.2) is 0 Å². The monoisotopic (exact) mass is 284 g/mol. The second-order valence-corrected chi connectivity index (χ2v) is 5.89.